The van der Waals surface area contributed by atoms with Crippen LogP contribution in [0.25, 0.3) is 0 Å². The first-order chi connectivity index (χ1) is 17.6. The van der Waals surface area contributed by atoms with Gasteiger partial charge in [-0.2, -0.15) is 4.57 Å². The van der Waals surface area contributed by atoms with E-state index >= 15 is 0 Å². The first-order valence-corrected chi connectivity index (χ1v) is 12.4. The van der Waals surface area contributed by atoms with Crippen LogP contribution in [0.1, 0.15) is 59.0 Å². The van der Waals surface area contributed by atoms with Gasteiger partial charge >= 0.3 is 5.97 Å². The third-order valence-electron chi connectivity index (χ3n) is 6.68. The molecule has 1 aliphatic carbocycles. The van der Waals surface area contributed by atoms with E-state index in [2.05, 4.69) is 5.92 Å². The fourth-order valence-corrected chi connectivity index (χ4v) is 4.82. The van der Waals surface area contributed by atoms with Gasteiger partial charge in [-0.25, -0.2) is 4.79 Å². The summed E-state index contributed by atoms with van der Waals surface area (Å²) in [5.74, 6) is 1.97. The molecule has 2 aliphatic rings. The molecule has 190 valence electrons. The van der Waals surface area contributed by atoms with E-state index < -0.39 is 36.4 Å². The monoisotopic (exact) mass is 493 g/mol. The van der Waals surface area contributed by atoms with E-state index in [1.165, 1.54) is 19.3 Å². The van der Waals surface area contributed by atoms with E-state index in [1.807, 2.05) is 6.07 Å². The van der Waals surface area contributed by atoms with Crippen LogP contribution in [0.4, 0.5) is 0 Å². The Labute approximate surface area is 211 Å². The highest BCUT2D eigenvalue weighted by Gasteiger charge is 2.52. The van der Waals surface area contributed by atoms with Gasteiger partial charge in [-0.3, -0.25) is 4.79 Å². The number of carbonyl (C=O) groups excluding carboxylic acids is 2. The zero-order valence-electron chi connectivity index (χ0n) is 20.3. The Hall–Kier alpha value is -3.25. The molecule has 36 heavy (non-hydrogen) atoms. The first-order valence-electron chi connectivity index (χ1n) is 12.4. The van der Waals surface area contributed by atoms with E-state index in [4.69, 9.17) is 31.1 Å². The number of primary amides is 1. The van der Waals surface area contributed by atoms with Crippen molar-refractivity contribution in [3.63, 3.8) is 0 Å². The lowest BCUT2D eigenvalue weighted by atomic mass is 9.90. The summed E-state index contributed by atoms with van der Waals surface area (Å²) in [5.41, 5.74) is 6.27. The molecule has 2 heterocycles. The Bertz CT molecular complexity index is 1060. The van der Waals surface area contributed by atoms with Gasteiger partial charge in [-0.05, 0) is 37.0 Å². The van der Waals surface area contributed by atoms with E-state index in [-0.39, 0.29) is 13.2 Å². The van der Waals surface area contributed by atoms with Crippen LogP contribution >= 0.6 is 0 Å². The molecule has 2 fully saturated rings. The highest BCUT2D eigenvalue weighted by molar-refractivity contribution is 5.92. The molecule has 1 saturated heterocycles. The minimum atomic E-state index is -0.658. The lowest BCUT2D eigenvalue weighted by molar-refractivity contribution is -0.766. The van der Waals surface area contributed by atoms with Crippen LogP contribution in [-0.4, -0.2) is 50.0 Å². The van der Waals surface area contributed by atoms with E-state index in [1.54, 1.807) is 53.4 Å². The number of nitrogens with zero attached hydrogens (tertiary/aromatic N) is 1. The molecule has 2 N–H and O–H groups in total. The number of hydrogen-bond donors (Lipinski definition) is 1. The van der Waals surface area contributed by atoms with Crippen molar-refractivity contribution < 1.29 is 33.1 Å². The topological polar surface area (TPSA) is 101 Å². The molecule has 8 nitrogen and oxygen atoms in total. The fraction of sp³-hybridized carbons (Fsp3) is 0.464. The number of nitrogens with two attached hydrogens (primary N) is 1. The van der Waals surface area contributed by atoms with Crippen molar-refractivity contribution >= 4 is 11.9 Å². The van der Waals surface area contributed by atoms with Crippen molar-refractivity contribution in [2.75, 3.05) is 19.8 Å². The Kier molecular flexibility index (Phi) is 9.06. The average molecular weight is 494 g/mol. The zero-order valence-corrected chi connectivity index (χ0v) is 20.3. The van der Waals surface area contributed by atoms with Gasteiger partial charge in [0, 0.05) is 6.07 Å². The van der Waals surface area contributed by atoms with E-state index in [0.717, 1.165) is 12.8 Å². The van der Waals surface area contributed by atoms with Crippen LogP contribution in [0.5, 0.6) is 0 Å². The molecule has 0 bridgehead atoms. The molecule has 8 heteroatoms. The number of esters is 1. The Morgan fingerprint density at radius 1 is 1.00 bits per heavy atom. The molecule has 1 amide bonds. The van der Waals surface area contributed by atoms with Crippen molar-refractivity contribution in [3.8, 4) is 12.3 Å². The lowest BCUT2D eigenvalue weighted by Gasteiger charge is -2.27. The molecule has 4 rings (SSSR count). The Morgan fingerprint density at radius 2 is 1.75 bits per heavy atom. The molecule has 0 unspecified atom stereocenters. The summed E-state index contributed by atoms with van der Waals surface area (Å²) >= 11 is 0. The molecule has 0 radical (unpaired) electrons. The number of pyridine rings is 1. The number of benzene rings is 1. The van der Waals surface area contributed by atoms with Crippen molar-refractivity contribution in [2.45, 2.75) is 56.6 Å². The van der Waals surface area contributed by atoms with Gasteiger partial charge in [-0.15, -0.1) is 6.42 Å². The standard InChI is InChI=1S/C28H32N2O6/c1-2-16-33-25-24(34-18-20-10-5-3-6-11-20)23(19-35-28(32)21-12-7-4-8-13-21)36-27(25)30-15-9-14-22(17-30)26(29)31/h1,4,7-9,12-15,17,20,23-25,27H,3,5-6,10-11,16,18-19H2,(H-,29,31)/p+1/t23-,24-,25-,27-/m1/s1. The molecule has 1 aliphatic heterocycles. The van der Waals surface area contributed by atoms with E-state index in [9.17, 15) is 9.59 Å². The van der Waals surface area contributed by atoms with Gasteiger partial charge in [0.1, 0.15) is 31.0 Å². The summed E-state index contributed by atoms with van der Waals surface area (Å²) in [7, 11) is 0. The Balaban J connectivity index is 1.55. The number of rotatable bonds is 10. The van der Waals surface area contributed by atoms with Crippen LogP contribution in [-0.2, 0) is 18.9 Å². The number of ether oxygens (including phenoxy) is 4. The third-order valence-corrected chi connectivity index (χ3v) is 6.68. The maximum Gasteiger partial charge on any atom is 0.338 e. The van der Waals surface area contributed by atoms with Gasteiger partial charge in [0.05, 0.1) is 12.2 Å². The first kappa shape index (κ1) is 25.8. The predicted molar refractivity (Wildman–Crippen MR) is 131 cm³/mol. The number of amides is 1. The quantitative estimate of drug-likeness (QED) is 0.310. The molecule has 1 aromatic carbocycles. The summed E-state index contributed by atoms with van der Waals surface area (Å²) in [6.45, 7) is 0.595. The summed E-state index contributed by atoms with van der Waals surface area (Å²) in [6, 6.07) is 12.1. The van der Waals surface area contributed by atoms with Crippen LogP contribution in [0.15, 0.2) is 54.9 Å². The van der Waals surface area contributed by atoms with Crippen LogP contribution in [0.2, 0.25) is 0 Å². The number of aromatic nitrogens is 1. The number of carbonyl (C=O) groups is 2. The molecule has 0 spiro atoms. The maximum absolute atomic E-state index is 12.6. The second kappa shape index (κ2) is 12.6. The number of terminal acetylenes is 1. The maximum atomic E-state index is 12.6. The Morgan fingerprint density at radius 3 is 2.47 bits per heavy atom. The van der Waals surface area contributed by atoms with Gasteiger partial charge in [0.2, 0.25) is 0 Å². The largest absolute Gasteiger partial charge is 0.459 e. The minimum Gasteiger partial charge on any atom is -0.459 e. The second-order valence-corrected chi connectivity index (χ2v) is 9.22. The van der Waals surface area contributed by atoms with E-state index in [0.29, 0.717) is 23.7 Å². The second-order valence-electron chi connectivity index (χ2n) is 9.22. The van der Waals surface area contributed by atoms with Crippen molar-refractivity contribution in [2.24, 2.45) is 11.7 Å². The normalized spacial score (nSPS) is 24.2. The minimum absolute atomic E-state index is 0.0223. The molecular formula is C28H33N2O6+. The zero-order chi connectivity index (χ0) is 25.3. The number of hydrogen-bond acceptors (Lipinski definition) is 6. The van der Waals surface area contributed by atoms with Gasteiger partial charge in [0.15, 0.2) is 18.5 Å². The molecule has 2 aromatic rings. The van der Waals surface area contributed by atoms with Gasteiger partial charge < -0.3 is 24.7 Å². The van der Waals surface area contributed by atoms with Gasteiger partial charge in [-0.1, -0.05) is 43.4 Å². The summed E-state index contributed by atoms with van der Waals surface area (Å²) in [6.07, 6.45) is 12.4. The van der Waals surface area contributed by atoms with Crippen LogP contribution in [0.3, 0.4) is 0 Å². The third kappa shape index (κ3) is 6.49. The highest BCUT2D eigenvalue weighted by Crippen LogP contribution is 2.33. The predicted octanol–water partition coefficient (Wildman–Crippen LogP) is 2.81. The highest BCUT2D eigenvalue weighted by atomic mass is 16.6. The molecule has 1 aromatic heterocycles. The molecule has 1 saturated carbocycles. The lowest BCUT2D eigenvalue weighted by Crippen LogP contribution is -2.48. The van der Waals surface area contributed by atoms with Gasteiger partial charge in [0.25, 0.3) is 12.1 Å². The molecular weight excluding hydrogens is 460 g/mol. The fourth-order valence-electron chi connectivity index (χ4n) is 4.82. The summed E-state index contributed by atoms with van der Waals surface area (Å²) in [4.78, 5) is 24.4. The van der Waals surface area contributed by atoms with Crippen molar-refractivity contribution in [1.82, 2.24) is 0 Å². The van der Waals surface area contributed by atoms with Crippen molar-refractivity contribution in [3.05, 3.63) is 66.0 Å². The average Bonchev–Trinajstić information content (AvgIpc) is 3.27. The summed E-state index contributed by atoms with van der Waals surface area (Å²) < 4.78 is 26.1. The summed E-state index contributed by atoms with van der Waals surface area (Å²) in [5, 5.41) is 0. The van der Waals surface area contributed by atoms with Crippen molar-refractivity contribution in [1.29, 1.82) is 0 Å². The van der Waals surface area contributed by atoms with Crippen LogP contribution < -0.4 is 10.3 Å². The SMILES string of the molecule is C#CCO[C@@H]1[C@H](OCC2CCCCC2)[C@@H](COC(=O)c2ccccc2)O[C@H]1[n+]1cccc(C(N)=O)c1. The molecule has 4 atom stereocenters. The smallest absolute Gasteiger partial charge is 0.338 e. The van der Waals surface area contributed by atoms with Crippen LogP contribution in [0, 0.1) is 18.3 Å².